The van der Waals surface area contributed by atoms with E-state index in [1.54, 1.807) is 0 Å². The van der Waals surface area contributed by atoms with Gasteiger partial charge in [-0.05, 0) is 19.3 Å². The highest BCUT2D eigenvalue weighted by Gasteiger charge is 2.29. The van der Waals surface area contributed by atoms with Gasteiger partial charge in [-0.15, -0.1) is 0 Å². The first kappa shape index (κ1) is 14.9. The second-order valence-electron chi connectivity index (χ2n) is 4.55. The summed E-state index contributed by atoms with van der Waals surface area (Å²) in [4.78, 5) is 0. The Morgan fingerprint density at radius 1 is 1.41 bits per heavy atom. The topological polar surface area (TPSA) is 81.4 Å². The Morgan fingerprint density at radius 3 is 2.59 bits per heavy atom. The maximum atomic E-state index is 12.1. The van der Waals surface area contributed by atoms with Gasteiger partial charge in [-0.1, -0.05) is 19.8 Å². The molecule has 1 saturated heterocycles. The number of nitrogens with one attached hydrogen (secondary N) is 1. The molecule has 6 heteroatoms. The van der Waals surface area contributed by atoms with Crippen molar-refractivity contribution in [1.29, 1.82) is 0 Å². The van der Waals surface area contributed by atoms with Crippen LogP contribution >= 0.6 is 0 Å². The summed E-state index contributed by atoms with van der Waals surface area (Å²) in [6.07, 6.45) is 4.03. The zero-order valence-corrected chi connectivity index (χ0v) is 11.3. The van der Waals surface area contributed by atoms with Crippen LogP contribution in [-0.2, 0) is 14.8 Å². The molecule has 1 fully saturated rings. The molecule has 1 aliphatic rings. The van der Waals surface area contributed by atoms with Crippen LogP contribution in [0.2, 0.25) is 0 Å². The zero-order valence-electron chi connectivity index (χ0n) is 10.5. The Morgan fingerprint density at radius 2 is 2.06 bits per heavy atom. The molecule has 17 heavy (non-hydrogen) atoms. The van der Waals surface area contributed by atoms with Gasteiger partial charge in [0.15, 0.2) is 0 Å². The highest BCUT2D eigenvalue weighted by molar-refractivity contribution is 7.90. The van der Waals surface area contributed by atoms with Crippen LogP contribution in [0.15, 0.2) is 0 Å². The zero-order chi connectivity index (χ0) is 12.7. The first-order valence-electron chi connectivity index (χ1n) is 6.39. The molecule has 0 spiro atoms. The van der Waals surface area contributed by atoms with Gasteiger partial charge in [0.2, 0.25) is 10.0 Å². The minimum Gasteiger partial charge on any atom is -0.381 e. The molecule has 0 bridgehead atoms. The van der Waals surface area contributed by atoms with Crippen LogP contribution in [0.25, 0.3) is 0 Å². The normalized spacial score (nSPS) is 20.4. The van der Waals surface area contributed by atoms with Gasteiger partial charge in [0.05, 0.1) is 5.25 Å². The van der Waals surface area contributed by atoms with Gasteiger partial charge in [-0.2, -0.15) is 0 Å². The molecule has 0 aromatic heterocycles. The smallest absolute Gasteiger partial charge is 0.214 e. The number of hydrogen-bond acceptors (Lipinski definition) is 4. The molecule has 0 aromatic rings. The number of unbranched alkanes of at least 4 members (excludes halogenated alkanes) is 1. The summed E-state index contributed by atoms with van der Waals surface area (Å²) >= 11 is 0. The Balaban J connectivity index is 2.50. The largest absolute Gasteiger partial charge is 0.381 e. The van der Waals surface area contributed by atoms with Crippen molar-refractivity contribution < 1.29 is 13.2 Å². The van der Waals surface area contributed by atoms with Crippen LogP contribution in [-0.4, -0.2) is 39.5 Å². The van der Waals surface area contributed by atoms with Crippen molar-refractivity contribution >= 4 is 10.0 Å². The highest BCUT2D eigenvalue weighted by atomic mass is 32.2. The Kier molecular flexibility index (Phi) is 6.40. The molecule has 0 amide bonds. The predicted octanol–water partition coefficient (Wildman–Crippen LogP) is 0.602. The lowest BCUT2D eigenvalue weighted by Crippen LogP contribution is -2.46. The van der Waals surface area contributed by atoms with E-state index in [1.807, 2.05) is 0 Å². The number of ether oxygens (including phenoxy) is 1. The number of rotatable bonds is 7. The van der Waals surface area contributed by atoms with Crippen LogP contribution in [0.3, 0.4) is 0 Å². The number of sulfonamides is 1. The molecule has 1 aliphatic heterocycles. The molecule has 1 rings (SSSR count). The van der Waals surface area contributed by atoms with Crippen molar-refractivity contribution in [2.24, 2.45) is 5.73 Å². The molecule has 5 nitrogen and oxygen atoms in total. The molecular weight excluding hydrogens is 240 g/mol. The second kappa shape index (κ2) is 7.31. The van der Waals surface area contributed by atoms with Crippen LogP contribution < -0.4 is 10.5 Å². The second-order valence-corrected chi connectivity index (χ2v) is 6.54. The third-order valence-corrected chi connectivity index (χ3v) is 5.14. The minimum atomic E-state index is -3.24. The van der Waals surface area contributed by atoms with Crippen molar-refractivity contribution in [1.82, 2.24) is 4.72 Å². The number of nitrogens with two attached hydrogens (primary N) is 1. The third kappa shape index (κ3) is 4.91. The van der Waals surface area contributed by atoms with E-state index in [0.29, 0.717) is 32.6 Å². The molecule has 0 saturated carbocycles. The lowest BCUT2D eigenvalue weighted by Gasteiger charge is -2.25. The third-order valence-electron chi connectivity index (χ3n) is 3.13. The summed E-state index contributed by atoms with van der Waals surface area (Å²) in [5.74, 6) is 0. The molecule has 0 radical (unpaired) electrons. The van der Waals surface area contributed by atoms with E-state index < -0.39 is 10.0 Å². The molecule has 1 unspecified atom stereocenters. The van der Waals surface area contributed by atoms with Crippen LogP contribution in [0.5, 0.6) is 0 Å². The molecule has 0 aliphatic carbocycles. The standard InChI is InChI=1S/C11H24N2O3S/c1-2-3-4-10(9-12)13-17(14,15)11-5-7-16-8-6-11/h10-11,13H,2-9,12H2,1H3. The summed E-state index contributed by atoms with van der Waals surface area (Å²) in [6, 6.07) is -0.122. The fourth-order valence-electron chi connectivity index (χ4n) is 1.99. The average molecular weight is 264 g/mol. The molecule has 3 N–H and O–H groups in total. The van der Waals surface area contributed by atoms with Crippen LogP contribution in [0.1, 0.15) is 39.0 Å². The predicted molar refractivity (Wildman–Crippen MR) is 68.3 cm³/mol. The van der Waals surface area contributed by atoms with E-state index in [2.05, 4.69) is 11.6 Å². The molecule has 1 atom stereocenters. The SMILES string of the molecule is CCCCC(CN)NS(=O)(=O)C1CCOCC1. The molecule has 102 valence electrons. The molecular formula is C11H24N2O3S. The van der Waals surface area contributed by atoms with E-state index in [4.69, 9.17) is 10.5 Å². The van der Waals surface area contributed by atoms with Crippen molar-refractivity contribution in [3.05, 3.63) is 0 Å². The van der Waals surface area contributed by atoms with Crippen LogP contribution in [0.4, 0.5) is 0 Å². The van der Waals surface area contributed by atoms with E-state index in [9.17, 15) is 8.42 Å². The Hall–Kier alpha value is -0.170. The fourth-order valence-corrected chi connectivity index (χ4v) is 3.67. The lowest BCUT2D eigenvalue weighted by molar-refractivity contribution is 0.0980. The number of hydrogen-bond donors (Lipinski definition) is 2. The van der Waals surface area contributed by atoms with Gasteiger partial charge in [-0.25, -0.2) is 13.1 Å². The van der Waals surface area contributed by atoms with Gasteiger partial charge >= 0.3 is 0 Å². The summed E-state index contributed by atoms with van der Waals surface area (Å²) in [5, 5.41) is -0.313. The van der Waals surface area contributed by atoms with E-state index in [1.165, 1.54) is 0 Å². The van der Waals surface area contributed by atoms with Gasteiger partial charge in [0.25, 0.3) is 0 Å². The quantitative estimate of drug-likeness (QED) is 0.705. The van der Waals surface area contributed by atoms with Gasteiger partial charge in [0.1, 0.15) is 0 Å². The maximum absolute atomic E-state index is 12.1. The first-order chi connectivity index (χ1) is 8.10. The fraction of sp³-hybridized carbons (Fsp3) is 1.00. The first-order valence-corrected chi connectivity index (χ1v) is 7.93. The van der Waals surface area contributed by atoms with Gasteiger partial charge in [-0.3, -0.25) is 0 Å². The summed E-state index contributed by atoms with van der Waals surface area (Å²) in [7, 11) is -3.24. The van der Waals surface area contributed by atoms with Crippen molar-refractivity contribution in [2.45, 2.75) is 50.3 Å². The summed E-state index contributed by atoms with van der Waals surface area (Å²) < 4.78 is 32.1. The summed E-state index contributed by atoms with van der Waals surface area (Å²) in [5.41, 5.74) is 5.60. The van der Waals surface area contributed by atoms with E-state index >= 15 is 0 Å². The van der Waals surface area contributed by atoms with Crippen molar-refractivity contribution in [3.8, 4) is 0 Å². The lowest BCUT2D eigenvalue weighted by atomic mass is 10.1. The van der Waals surface area contributed by atoms with Crippen molar-refractivity contribution in [2.75, 3.05) is 19.8 Å². The monoisotopic (exact) mass is 264 g/mol. The van der Waals surface area contributed by atoms with Gasteiger partial charge in [0, 0.05) is 25.8 Å². The molecule has 0 aromatic carbocycles. The molecule has 1 heterocycles. The average Bonchev–Trinajstić information content (AvgIpc) is 2.35. The highest BCUT2D eigenvalue weighted by Crippen LogP contribution is 2.15. The van der Waals surface area contributed by atoms with Crippen LogP contribution in [0, 0.1) is 0 Å². The van der Waals surface area contributed by atoms with Crippen molar-refractivity contribution in [3.63, 3.8) is 0 Å². The van der Waals surface area contributed by atoms with E-state index in [-0.39, 0.29) is 11.3 Å². The Bertz CT molecular complexity index is 300. The summed E-state index contributed by atoms with van der Waals surface area (Å²) in [6.45, 7) is 3.52. The van der Waals surface area contributed by atoms with Gasteiger partial charge < -0.3 is 10.5 Å². The maximum Gasteiger partial charge on any atom is 0.214 e. The Labute approximate surface area is 104 Å². The van der Waals surface area contributed by atoms with E-state index in [0.717, 1.165) is 19.3 Å². The minimum absolute atomic E-state index is 0.122.